The number of halogens is 2. The molecule has 1 amide bonds. The van der Waals surface area contributed by atoms with Crippen molar-refractivity contribution < 1.29 is 13.6 Å². The van der Waals surface area contributed by atoms with E-state index < -0.39 is 11.6 Å². The van der Waals surface area contributed by atoms with E-state index in [0.29, 0.717) is 12.1 Å². The lowest BCUT2D eigenvalue weighted by atomic mass is 9.93. The molecule has 1 atom stereocenters. The molecule has 2 aromatic rings. The zero-order valence-electron chi connectivity index (χ0n) is 12.9. The third-order valence-electron chi connectivity index (χ3n) is 4.32. The van der Waals surface area contributed by atoms with Crippen LogP contribution in [0.5, 0.6) is 0 Å². The van der Waals surface area contributed by atoms with Crippen molar-refractivity contribution in [1.29, 1.82) is 0 Å². The van der Waals surface area contributed by atoms with Crippen molar-refractivity contribution in [1.82, 2.24) is 9.88 Å². The molecule has 3 nitrogen and oxygen atoms in total. The maximum absolute atomic E-state index is 13.3. The Balaban J connectivity index is 1.79. The van der Waals surface area contributed by atoms with E-state index in [2.05, 4.69) is 4.98 Å². The Kier molecular flexibility index (Phi) is 4.37. The van der Waals surface area contributed by atoms with Gasteiger partial charge in [-0.3, -0.25) is 9.78 Å². The highest BCUT2D eigenvalue weighted by Crippen LogP contribution is 2.27. The highest BCUT2D eigenvalue weighted by Gasteiger charge is 2.23. The van der Waals surface area contributed by atoms with Gasteiger partial charge < -0.3 is 4.90 Å². The van der Waals surface area contributed by atoms with Gasteiger partial charge in [-0.15, -0.1) is 0 Å². The number of amides is 1. The topological polar surface area (TPSA) is 33.2 Å². The van der Waals surface area contributed by atoms with E-state index in [0.717, 1.165) is 36.7 Å². The fourth-order valence-corrected chi connectivity index (χ4v) is 3.00. The van der Waals surface area contributed by atoms with Crippen LogP contribution in [0.2, 0.25) is 0 Å². The quantitative estimate of drug-likeness (QED) is 0.845. The molecule has 23 heavy (non-hydrogen) atoms. The molecule has 0 N–H and O–H groups in total. The normalized spacial score (nSPS) is 18.0. The summed E-state index contributed by atoms with van der Waals surface area (Å²) in [7, 11) is 0. The number of aromatic nitrogens is 1. The van der Waals surface area contributed by atoms with Crippen LogP contribution in [-0.2, 0) is 4.79 Å². The molecular formula is C18H18F2N2O. The first-order chi connectivity index (χ1) is 11.0. The first kappa shape index (κ1) is 15.6. The van der Waals surface area contributed by atoms with Crippen LogP contribution in [0.15, 0.2) is 36.5 Å². The zero-order valence-corrected chi connectivity index (χ0v) is 12.9. The molecule has 1 saturated heterocycles. The van der Waals surface area contributed by atoms with Crippen LogP contribution in [0.1, 0.15) is 31.4 Å². The molecule has 2 heterocycles. The predicted molar refractivity (Wildman–Crippen MR) is 83.8 cm³/mol. The monoisotopic (exact) mass is 316 g/mol. The van der Waals surface area contributed by atoms with Crippen molar-refractivity contribution in [2.75, 3.05) is 13.1 Å². The van der Waals surface area contributed by atoms with Crippen molar-refractivity contribution >= 4 is 5.91 Å². The molecule has 5 heteroatoms. The first-order valence-corrected chi connectivity index (χ1v) is 7.71. The fourth-order valence-electron chi connectivity index (χ4n) is 3.00. The minimum absolute atomic E-state index is 0.0908. The largest absolute Gasteiger partial charge is 0.342 e. The first-order valence-electron chi connectivity index (χ1n) is 7.71. The number of nitrogens with zero attached hydrogens (tertiary/aromatic N) is 2. The summed E-state index contributed by atoms with van der Waals surface area (Å²) in [5.74, 6) is -1.40. The van der Waals surface area contributed by atoms with Crippen molar-refractivity contribution in [2.24, 2.45) is 0 Å². The Hall–Kier alpha value is -2.30. The predicted octanol–water partition coefficient (Wildman–Crippen LogP) is 3.75. The Morgan fingerprint density at radius 3 is 2.61 bits per heavy atom. The van der Waals surface area contributed by atoms with Gasteiger partial charge in [-0.25, -0.2) is 8.78 Å². The number of hydrogen-bond donors (Lipinski definition) is 0. The van der Waals surface area contributed by atoms with Crippen molar-refractivity contribution in [2.45, 2.75) is 25.7 Å². The van der Waals surface area contributed by atoms with Gasteiger partial charge in [0.2, 0.25) is 5.91 Å². The molecular weight excluding hydrogens is 298 g/mol. The fraction of sp³-hybridized carbons (Fsp3) is 0.333. The Bertz CT molecular complexity index is 715. The van der Waals surface area contributed by atoms with Crippen molar-refractivity contribution in [3.63, 3.8) is 0 Å². The zero-order chi connectivity index (χ0) is 16.4. The Morgan fingerprint density at radius 2 is 1.96 bits per heavy atom. The maximum Gasteiger partial charge on any atom is 0.219 e. The standard InChI is InChI=1S/C18H18F2N2O/c1-12(23)22-8-2-3-15(11-22)18-7-5-14(10-21-18)13-4-6-16(19)17(20)9-13/h4-7,9-10,15H,2-3,8,11H2,1H3. The van der Waals surface area contributed by atoms with Crippen LogP contribution in [0.3, 0.4) is 0 Å². The van der Waals surface area contributed by atoms with Gasteiger partial charge in [0.15, 0.2) is 11.6 Å². The molecule has 1 aliphatic heterocycles. The third-order valence-corrected chi connectivity index (χ3v) is 4.32. The van der Waals surface area contributed by atoms with E-state index in [-0.39, 0.29) is 11.8 Å². The van der Waals surface area contributed by atoms with E-state index >= 15 is 0 Å². The SMILES string of the molecule is CC(=O)N1CCCC(c2ccc(-c3ccc(F)c(F)c3)cn2)C1. The van der Waals surface area contributed by atoms with Gasteiger partial charge in [0.25, 0.3) is 0 Å². The lowest BCUT2D eigenvalue weighted by molar-refractivity contribution is -0.130. The van der Waals surface area contributed by atoms with Crippen molar-refractivity contribution in [3.8, 4) is 11.1 Å². The number of carbonyl (C=O) groups excluding carboxylic acids is 1. The summed E-state index contributed by atoms with van der Waals surface area (Å²) >= 11 is 0. The molecule has 1 aromatic heterocycles. The van der Waals surface area contributed by atoms with Gasteiger partial charge in [0.1, 0.15) is 0 Å². The molecule has 1 fully saturated rings. The minimum atomic E-state index is -0.865. The number of pyridine rings is 1. The summed E-state index contributed by atoms with van der Waals surface area (Å²) in [4.78, 5) is 17.8. The average molecular weight is 316 g/mol. The lowest BCUT2D eigenvalue weighted by Gasteiger charge is -2.31. The summed E-state index contributed by atoms with van der Waals surface area (Å²) in [6.07, 6.45) is 3.65. The van der Waals surface area contributed by atoms with Gasteiger partial charge in [-0.05, 0) is 36.6 Å². The van der Waals surface area contributed by atoms with Crippen molar-refractivity contribution in [3.05, 3.63) is 53.9 Å². The van der Waals surface area contributed by atoms with Crippen LogP contribution in [0.4, 0.5) is 8.78 Å². The summed E-state index contributed by atoms with van der Waals surface area (Å²) in [6.45, 7) is 3.08. The Morgan fingerprint density at radius 1 is 1.17 bits per heavy atom. The van der Waals surface area contributed by atoms with E-state index in [9.17, 15) is 13.6 Å². The number of benzene rings is 1. The molecule has 0 saturated carbocycles. The summed E-state index contributed by atoms with van der Waals surface area (Å²) < 4.78 is 26.3. The number of piperidine rings is 1. The van der Waals surface area contributed by atoms with E-state index in [1.807, 2.05) is 17.0 Å². The van der Waals surface area contributed by atoms with E-state index in [1.165, 1.54) is 12.1 Å². The second-order valence-corrected chi connectivity index (χ2v) is 5.90. The molecule has 1 aliphatic rings. The van der Waals surface area contributed by atoms with Crippen LogP contribution < -0.4 is 0 Å². The summed E-state index contributed by atoms with van der Waals surface area (Å²) in [5.41, 5.74) is 2.27. The van der Waals surface area contributed by atoms with Crippen LogP contribution in [0.25, 0.3) is 11.1 Å². The lowest BCUT2D eigenvalue weighted by Crippen LogP contribution is -2.37. The third kappa shape index (κ3) is 3.38. The van der Waals surface area contributed by atoms with E-state index in [1.54, 1.807) is 13.1 Å². The number of hydrogen-bond acceptors (Lipinski definition) is 2. The van der Waals surface area contributed by atoms with Crippen LogP contribution in [-0.4, -0.2) is 28.9 Å². The van der Waals surface area contributed by atoms with Gasteiger partial charge in [0.05, 0.1) is 0 Å². The number of carbonyl (C=O) groups is 1. The van der Waals surface area contributed by atoms with Gasteiger partial charge in [-0.1, -0.05) is 12.1 Å². The molecule has 0 aliphatic carbocycles. The average Bonchev–Trinajstić information content (AvgIpc) is 2.57. The molecule has 0 radical (unpaired) electrons. The smallest absolute Gasteiger partial charge is 0.219 e. The van der Waals surface area contributed by atoms with Crippen LogP contribution in [0, 0.1) is 11.6 Å². The number of rotatable bonds is 2. The molecule has 1 aromatic carbocycles. The molecule has 0 bridgehead atoms. The van der Waals surface area contributed by atoms with Crippen LogP contribution >= 0.6 is 0 Å². The minimum Gasteiger partial charge on any atom is -0.342 e. The van der Waals surface area contributed by atoms with Gasteiger partial charge in [0, 0.05) is 43.4 Å². The second-order valence-electron chi connectivity index (χ2n) is 5.90. The molecule has 1 unspecified atom stereocenters. The van der Waals surface area contributed by atoms with E-state index in [4.69, 9.17) is 0 Å². The number of likely N-dealkylation sites (tertiary alicyclic amines) is 1. The molecule has 120 valence electrons. The summed E-state index contributed by atoms with van der Waals surface area (Å²) in [6, 6.07) is 7.59. The van der Waals surface area contributed by atoms with Gasteiger partial charge >= 0.3 is 0 Å². The second kappa shape index (κ2) is 6.44. The van der Waals surface area contributed by atoms with Gasteiger partial charge in [-0.2, -0.15) is 0 Å². The highest BCUT2D eigenvalue weighted by molar-refractivity contribution is 5.73. The highest BCUT2D eigenvalue weighted by atomic mass is 19.2. The Labute approximate surface area is 134 Å². The summed E-state index contributed by atoms with van der Waals surface area (Å²) in [5, 5.41) is 0. The molecule has 0 spiro atoms. The molecule has 3 rings (SSSR count). The maximum atomic E-state index is 13.3.